The van der Waals surface area contributed by atoms with E-state index in [1.807, 2.05) is 12.1 Å². The molecule has 1 heterocycles. The summed E-state index contributed by atoms with van der Waals surface area (Å²) >= 11 is 0. The summed E-state index contributed by atoms with van der Waals surface area (Å²) in [6, 6.07) is 21.8. The standard InChI is InChI=1S/C24H23N2O/c1-15(2)17-11-12-19-22(13-17)26(14-18-8-5-4-7-16(18)3)21-10-6-9-20(23(19)21)24(25)27/h4-11,13,15H,14H2,1-3H3,(H2,25,27). The maximum absolute atomic E-state index is 12.1. The summed E-state index contributed by atoms with van der Waals surface area (Å²) in [6.45, 7) is 7.23. The summed E-state index contributed by atoms with van der Waals surface area (Å²) in [4.78, 5) is 12.1. The molecule has 0 atom stereocenters. The lowest BCUT2D eigenvalue weighted by atomic mass is 10.00. The number of nitrogens with zero attached hydrogens (tertiary/aromatic N) is 1. The largest absolute Gasteiger partial charge is 0.366 e. The molecule has 2 N–H and O–H groups in total. The second kappa shape index (κ2) is 6.58. The van der Waals surface area contributed by atoms with Crippen LogP contribution in [0.4, 0.5) is 0 Å². The van der Waals surface area contributed by atoms with Gasteiger partial charge in [-0.3, -0.25) is 4.79 Å². The molecule has 0 aliphatic heterocycles. The number of hydrogen-bond donors (Lipinski definition) is 1. The minimum atomic E-state index is -0.406. The number of rotatable bonds is 4. The molecular weight excluding hydrogens is 332 g/mol. The number of fused-ring (bicyclic) bond motifs is 3. The normalized spacial score (nSPS) is 11.6. The zero-order chi connectivity index (χ0) is 19.1. The minimum Gasteiger partial charge on any atom is -0.366 e. The topological polar surface area (TPSA) is 48.0 Å². The molecule has 27 heavy (non-hydrogen) atoms. The van der Waals surface area contributed by atoms with Crippen LogP contribution in [0.5, 0.6) is 0 Å². The lowest BCUT2D eigenvalue weighted by Gasteiger charge is -2.12. The molecule has 0 aliphatic carbocycles. The van der Waals surface area contributed by atoms with Gasteiger partial charge in [0.2, 0.25) is 5.91 Å². The molecule has 1 aromatic heterocycles. The van der Waals surface area contributed by atoms with Crippen molar-refractivity contribution in [2.24, 2.45) is 5.73 Å². The highest BCUT2D eigenvalue weighted by Gasteiger charge is 2.18. The van der Waals surface area contributed by atoms with Gasteiger partial charge in [-0.2, -0.15) is 0 Å². The van der Waals surface area contributed by atoms with Gasteiger partial charge in [0.05, 0.1) is 11.0 Å². The average Bonchev–Trinajstić information content (AvgIpc) is 2.96. The predicted octanol–water partition coefficient (Wildman–Crippen LogP) is 5.17. The monoisotopic (exact) mass is 355 g/mol. The van der Waals surface area contributed by atoms with Gasteiger partial charge in [0.1, 0.15) is 0 Å². The third-order valence-electron chi connectivity index (χ3n) is 5.34. The Morgan fingerprint density at radius 2 is 1.89 bits per heavy atom. The first-order valence-corrected chi connectivity index (χ1v) is 9.28. The van der Waals surface area contributed by atoms with Gasteiger partial charge in [-0.25, -0.2) is 0 Å². The average molecular weight is 355 g/mol. The molecule has 1 amide bonds. The molecule has 3 nitrogen and oxygen atoms in total. The van der Waals surface area contributed by atoms with E-state index >= 15 is 0 Å². The lowest BCUT2D eigenvalue weighted by molar-refractivity contribution is 0.100. The maximum atomic E-state index is 12.1. The van der Waals surface area contributed by atoms with E-state index in [1.165, 1.54) is 16.7 Å². The summed E-state index contributed by atoms with van der Waals surface area (Å²) in [5, 5.41) is 1.85. The highest BCUT2D eigenvalue weighted by atomic mass is 16.1. The second-order valence-electron chi connectivity index (χ2n) is 7.42. The first kappa shape index (κ1) is 17.3. The van der Waals surface area contributed by atoms with E-state index in [4.69, 9.17) is 5.73 Å². The molecule has 0 unspecified atom stereocenters. The van der Waals surface area contributed by atoms with Crippen molar-refractivity contribution in [2.75, 3.05) is 0 Å². The van der Waals surface area contributed by atoms with Crippen molar-refractivity contribution < 1.29 is 4.79 Å². The quantitative estimate of drug-likeness (QED) is 0.539. The van der Waals surface area contributed by atoms with Gasteiger partial charge in [0.25, 0.3) is 0 Å². The van der Waals surface area contributed by atoms with Crippen LogP contribution < -0.4 is 5.73 Å². The Bertz CT molecular complexity index is 1170. The third kappa shape index (κ3) is 2.89. The van der Waals surface area contributed by atoms with Crippen LogP contribution in [0, 0.1) is 13.0 Å². The molecule has 0 aliphatic rings. The molecule has 135 valence electrons. The molecule has 1 radical (unpaired) electrons. The number of carbonyl (C=O) groups is 1. The van der Waals surface area contributed by atoms with Crippen LogP contribution in [0.25, 0.3) is 21.8 Å². The van der Waals surface area contributed by atoms with E-state index in [2.05, 4.69) is 67.8 Å². The maximum Gasteiger partial charge on any atom is 0.249 e. The van der Waals surface area contributed by atoms with Crippen LogP contribution >= 0.6 is 0 Å². The van der Waals surface area contributed by atoms with E-state index in [0.717, 1.165) is 28.4 Å². The Labute approximate surface area is 159 Å². The van der Waals surface area contributed by atoms with E-state index in [9.17, 15) is 4.79 Å². The summed E-state index contributed by atoms with van der Waals surface area (Å²) < 4.78 is 2.28. The zero-order valence-corrected chi connectivity index (χ0v) is 15.9. The third-order valence-corrected chi connectivity index (χ3v) is 5.34. The number of aromatic nitrogens is 1. The fraction of sp³-hybridized carbons (Fsp3) is 0.208. The number of benzene rings is 3. The van der Waals surface area contributed by atoms with Crippen LogP contribution in [0.2, 0.25) is 0 Å². The summed E-state index contributed by atoms with van der Waals surface area (Å²) in [6.07, 6.45) is 0. The molecule has 0 saturated heterocycles. The first-order valence-electron chi connectivity index (χ1n) is 9.28. The van der Waals surface area contributed by atoms with Gasteiger partial charge in [-0.1, -0.05) is 50.2 Å². The van der Waals surface area contributed by atoms with E-state index in [1.54, 1.807) is 6.07 Å². The summed E-state index contributed by atoms with van der Waals surface area (Å²) in [7, 11) is 0. The van der Waals surface area contributed by atoms with Crippen LogP contribution in [0.3, 0.4) is 0 Å². The molecular formula is C24H23N2O. The number of hydrogen-bond acceptors (Lipinski definition) is 1. The van der Waals surface area contributed by atoms with E-state index in [0.29, 0.717) is 11.5 Å². The Kier molecular flexibility index (Phi) is 4.23. The Morgan fingerprint density at radius 1 is 1.11 bits per heavy atom. The van der Waals surface area contributed by atoms with Crippen molar-refractivity contribution in [3.63, 3.8) is 0 Å². The van der Waals surface area contributed by atoms with Crippen molar-refractivity contribution in [1.82, 2.24) is 4.57 Å². The van der Waals surface area contributed by atoms with Crippen molar-refractivity contribution in [3.8, 4) is 0 Å². The predicted molar refractivity (Wildman–Crippen MR) is 111 cm³/mol. The molecule has 0 fully saturated rings. The number of carbonyl (C=O) groups excluding carboxylic acids is 1. The SMILES string of the molecule is Cc1ccccc1Cn1c2cc(C(C)C)c[c]c2c2c(C(N)=O)cccc21. The lowest BCUT2D eigenvalue weighted by Crippen LogP contribution is -2.11. The summed E-state index contributed by atoms with van der Waals surface area (Å²) in [5.41, 5.74) is 12.1. The molecule has 4 aromatic rings. The Hall–Kier alpha value is -3.07. The van der Waals surface area contributed by atoms with Crippen LogP contribution in [0.1, 0.15) is 46.8 Å². The number of primary amides is 1. The Balaban J connectivity index is 2.07. The van der Waals surface area contributed by atoms with Gasteiger partial charge >= 0.3 is 0 Å². The number of aryl methyl sites for hydroxylation is 1. The zero-order valence-electron chi connectivity index (χ0n) is 15.9. The molecule has 0 saturated carbocycles. The number of nitrogens with two attached hydrogens (primary N) is 1. The highest BCUT2D eigenvalue weighted by Crippen LogP contribution is 2.34. The molecule has 3 heteroatoms. The highest BCUT2D eigenvalue weighted by molar-refractivity contribution is 6.17. The molecule has 0 bridgehead atoms. The van der Waals surface area contributed by atoms with Gasteiger partial charge in [-0.15, -0.1) is 0 Å². The van der Waals surface area contributed by atoms with Crippen LogP contribution in [-0.2, 0) is 6.54 Å². The van der Waals surface area contributed by atoms with Gasteiger partial charge in [0, 0.05) is 22.9 Å². The van der Waals surface area contributed by atoms with Gasteiger partial charge < -0.3 is 10.3 Å². The van der Waals surface area contributed by atoms with Crippen molar-refractivity contribution >= 4 is 27.7 Å². The molecule has 4 rings (SSSR count). The van der Waals surface area contributed by atoms with E-state index in [-0.39, 0.29) is 0 Å². The van der Waals surface area contributed by atoms with E-state index < -0.39 is 5.91 Å². The Morgan fingerprint density at radius 3 is 2.59 bits per heavy atom. The molecule has 3 aromatic carbocycles. The fourth-order valence-corrected chi connectivity index (χ4v) is 3.74. The minimum absolute atomic E-state index is 0.406. The van der Waals surface area contributed by atoms with Gasteiger partial charge in [-0.05, 0) is 53.8 Å². The molecule has 0 spiro atoms. The fourth-order valence-electron chi connectivity index (χ4n) is 3.74. The van der Waals surface area contributed by atoms with Crippen molar-refractivity contribution in [1.29, 1.82) is 0 Å². The first-order chi connectivity index (χ1) is 13.0. The summed E-state index contributed by atoms with van der Waals surface area (Å²) in [5.74, 6) is 0.00284. The second-order valence-corrected chi connectivity index (χ2v) is 7.42. The van der Waals surface area contributed by atoms with Crippen molar-refractivity contribution in [3.05, 3.63) is 82.9 Å². The van der Waals surface area contributed by atoms with Gasteiger partial charge in [0.15, 0.2) is 0 Å². The van der Waals surface area contributed by atoms with Crippen molar-refractivity contribution in [2.45, 2.75) is 33.2 Å². The number of amides is 1. The van der Waals surface area contributed by atoms with Crippen LogP contribution in [0.15, 0.2) is 54.6 Å². The van der Waals surface area contributed by atoms with Crippen LogP contribution in [-0.4, -0.2) is 10.5 Å². The smallest absolute Gasteiger partial charge is 0.249 e.